The summed E-state index contributed by atoms with van der Waals surface area (Å²) in [4.78, 5) is 0. The summed E-state index contributed by atoms with van der Waals surface area (Å²) in [6.45, 7) is 6.48. The van der Waals surface area contributed by atoms with Crippen molar-refractivity contribution in [1.29, 1.82) is 0 Å². The lowest BCUT2D eigenvalue weighted by molar-refractivity contribution is 0.478. The van der Waals surface area contributed by atoms with E-state index in [0.29, 0.717) is 12.0 Å². The lowest BCUT2D eigenvalue weighted by Gasteiger charge is -2.19. The summed E-state index contributed by atoms with van der Waals surface area (Å²) in [7, 11) is 0. The Hall–Kier alpha value is -0.830. The molecule has 3 heteroatoms. The van der Waals surface area contributed by atoms with Crippen molar-refractivity contribution < 1.29 is 0 Å². The first-order valence-corrected chi connectivity index (χ1v) is 6.60. The van der Waals surface area contributed by atoms with E-state index in [2.05, 4.69) is 36.7 Å². The molecule has 0 radical (unpaired) electrons. The fourth-order valence-corrected chi connectivity index (χ4v) is 2.68. The smallest absolute Gasteiger partial charge is 0.0525 e. The molecule has 2 unspecified atom stereocenters. The van der Waals surface area contributed by atoms with Crippen LogP contribution in [-0.4, -0.2) is 22.4 Å². The first-order valence-electron chi connectivity index (χ1n) is 6.60. The zero-order chi connectivity index (χ0) is 11.4. The summed E-state index contributed by atoms with van der Waals surface area (Å²) in [6.07, 6.45) is 9.48. The molecule has 90 valence electrons. The Kier molecular flexibility index (Phi) is 3.99. The molecular formula is C13H23N3. The molecule has 16 heavy (non-hydrogen) atoms. The van der Waals surface area contributed by atoms with E-state index in [1.807, 2.05) is 4.68 Å². The molecule has 1 fully saturated rings. The van der Waals surface area contributed by atoms with Crippen LogP contribution in [0.25, 0.3) is 0 Å². The maximum atomic E-state index is 4.38. The Balaban J connectivity index is 2.01. The first-order chi connectivity index (χ1) is 7.85. The van der Waals surface area contributed by atoms with Crippen LogP contribution in [0.2, 0.25) is 0 Å². The van der Waals surface area contributed by atoms with Gasteiger partial charge in [0.2, 0.25) is 0 Å². The number of hydrogen-bond donors (Lipinski definition) is 1. The first kappa shape index (κ1) is 11.6. The van der Waals surface area contributed by atoms with Crippen molar-refractivity contribution in [3.8, 4) is 0 Å². The molecule has 2 atom stereocenters. The Morgan fingerprint density at radius 2 is 2.31 bits per heavy atom. The number of hydrogen-bond acceptors (Lipinski definition) is 2. The van der Waals surface area contributed by atoms with Gasteiger partial charge in [-0.2, -0.15) is 5.10 Å². The summed E-state index contributed by atoms with van der Waals surface area (Å²) < 4.78 is 2.03. The van der Waals surface area contributed by atoms with E-state index in [4.69, 9.17) is 0 Å². The fourth-order valence-electron chi connectivity index (χ4n) is 2.68. The third-order valence-electron chi connectivity index (χ3n) is 3.58. The highest BCUT2D eigenvalue weighted by Crippen LogP contribution is 2.34. The highest BCUT2D eigenvalue weighted by molar-refractivity contribution is 5.16. The Bertz CT molecular complexity index is 319. The van der Waals surface area contributed by atoms with Gasteiger partial charge >= 0.3 is 0 Å². The van der Waals surface area contributed by atoms with E-state index in [1.165, 1.54) is 31.2 Å². The molecule has 0 amide bonds. The second kappa shape index (κ2) is 5.48. The van der Waals surface area contributed by atoms with Gasteiger partial charge in [-0.25, -0.2) is 0 Å². The van der Waals surface area contributed by atoms with E-state index in [1.54, 1.807) is 0 Å². The second-order valence-electron chi connectivity index (χ2n) is 4.73. The number of aromatic nitrogens is 2. The van der Waals surface area contributed by atoms with Gasteiger partial charge in [-0.15, -0.1) is 0 Å². The molecule has 1 aliphatic carbocycles. The summed E-state index contributed by atoms with van der Waals surface area (Å²) in [5.41, 5.74) is 1.42. The van der Waals surface area contributed by atoms with Crippen molar-refractivity contribution in [2.75, 3.05) is 6.54 Å². The van der Waals surface area contributed by atoms with E-state index in [0.717, 1.165) is 13.1 Å². The van der Waals surface area contributed by atoms with Crippen molar-refractivity contribution in [2.45, 2.75) is 58.0 Å². The monoisotopic (exact) mass is 221 g/mol. The Morgan fingerprint density at radius 3 is 3.00 bits per heavy atom. The molecule has 1 N–H and O–H groups in total. The average Bonchev–Trinajstić information content (AvgIpc) is 2.94. The molecule has 1 aromatic heterocycles. The summed E-state index contributed by atoms with van der Waals surface area (Å²) >= 11 is 0. The number of nitrogens with zero attached hydrogens (tertiary/aromatic N) is 2. The molecule has 0 spiro atoms. The molecular weight excluding hydrogens is 198 g/mol. The molecule has 3 nitrogen and oxygen atoms in total. The van der Waals surface area contributed by atoms with Crippen LogP contribution in [0.4, 0.5) is 0 Å². The van der Waals surface area contributed by atoms with Crippen LogP contribution < -0.4 is 5.32 Å². The lowest BCUT2D eigenvalue weighted by Crippen LogP contribution is -2.31. The highest BCUT2D eigenvalue weighted by Gasteiger charge is 2.28. The molecule has 2 rings (SSSR count). The van der Waals surface area contributed by atoms with Crippen molar-refractivity contribution in [1.82, 2.24) is 15.1 Å². The topological polar surface area (TPSA) is 29.9 Å². The average molecular weight is 221 g/mol. The summed E-state index contributed by atoms with van der Waals surface area (Å²) in [6, 6.07) is 0.675. The molecule has 0 aromatic carbocycles. The molecule has 0 saturated heterocycles. The third kappa shape index (κ3) is 2.46. The molecule has 1 aliphatic rings. The minimum absolute atomic E-state index is 0.675. The van der Waals surface area contributed by atoms with E-state index in [9.17, 15) is 0 Å². The largest absolute Gasteiger partial charge is 0.313 e. The predicted octanol–water partition coefficient (Wildman–Crippen LogP) is 2.54. The molecule has 0 aliphatic heterocycles. The van der Waals surface area contributed by atoms with Gasteiger partial charge in [-0.05, 0) is 38.3 Å². The lowest BCUT2D eigenvalue weighted by atomic mass is 9.97. The maximum absolute atomic E-state index is 4.38. The van der Waals surface area contributed by atoms with E-state index in [-0.39, 0.29) is 0 Å². The van der Waals surface area contributed by atoms with Crippen molar-refractivity contribution in [2.24, 2.45) is 0 Å². The SMILES string of the molecule is CCCNC1CCCC1c1cnn(CC)c1. The summed E-state index contributed by atoms with van der Waals surface area (Å²) in [5, 5.41) is 8.05. The minimum atomic E-state index is 0.675. The van der Waals surface area contributed by atoms with Gasteiger partial charge in [0.15, 0.2) is 0 Å². The van der Waals surface area contributed by atoms with Crippen molar-refractivity contribution in [3.05, 3.63) is 18.0 Å². The van der Waals surface area contributed by atoms with Gasteiger partial charge in [0.25, 0.3) is 0 Å². The van der Waals surface area contributed by atoms with Crippen LogP contribution in [0.15, 0.2) is 12.4 Å². The maximum Gasteiger partial charge on any atom is 0.0525 e. The zero-order valence-electron chi connectivity index (χ0n) is 10.4. The van der Waals surface area contributed by atoms with Crippen LogP contribution >= 0.6 is 0 Å². The quantitative estimate of drug-likeness (QED) is 0.828. The third-order valence-corrected chi connectivity index (χ3v) is 3.58. The predicted molar refractivity (Wildman–Crippen MR) is 66.6 cm³/mol. The fraction of sp³-hybridized carbons (Fsp3) is 0.769. The number of rotatable bonds is 5. The van der Waals surface area contributed by atoms with Gasteiger partial charge in [-0.3, -0.25) is 4.68 Å². The summed E-state index contributed by atoms with van der Waals surface area (Å²) in [5.74, 6) is 0.687. The van der Waals surface area contributed by atoms with E-state index < -0.39 is 0 Å². The molecule has 1 saturated carbocycles. The normalized spacial score (nSPS) is 25.1. The van der Waals surface area contributed by atoms with Gasteiger partial charge in [0.05, 0.1) is 6.20 Å². The second-order valence-corrected chi connectivity index (χ2v) is 4.73. The van der Waals surface area contributed by atoms with Crippen LogP contribution in [0, 0.1) is 0 Å². The van der Waals surface area contributed by atoms with Gasteiger partial charge in [-0.1, -0.05) is 13.3 Å². The number of nitrogens with one attached hydrogen (secondary N) is 1. The molecule has 1 heterocycles. The van der Waals surface area contributed by atoms with Crippen LogP contribution in [0.1, 0.15) is 51.0 Å². The molecule has 0 bridgehead atoms. The Labute approximate surface area is 98.2 Å². The van der Waals surface area contributed by atoms with Crippen LogP contribution in [0.3, 0.4) is 0 Å². The van der Waals surface area contributed by atoms with Gasteiger partial charge in [0.1, 0.15) is 0 Å². The van der Waals surface area contributed by atoms with E-state index >= 15 is 0 Å². The molecule has 1 aromatic rings. The van der Waals surface area contributed by atoms with Gasteiger partial charge in [0, 0.05) is 24.7 Å². The standard InChI is InChI=1S/C13H23N3/c1-3-8-14-13-7-5-6-12(13)11-9-15-16(4-2)10-11/h9-10,12-14H,3-8H2,1-2H3. The van der Waals surface area contributed by atoms with Crippen molar-refractivity contribution >= 4 is 0 Å². The van der Waals surface area contributed by atoms with Crippen LogP contribution in [-0.2, 0) is 6.54 Å². The number of aryl methyl sites for hydroxylation is 1. The highest BCUT2D eigenvalue weighted by atomic mass is 15.3. The minimum Gasteiger partial charge on any atom is -0.313 e. The zero-order valence-corrected chi connectivity index (χ0v) is 10.4. The Morgan fingerprint density at radius 1 is 1.44 bits per heavy atom. The van der Waals surface area contributed by atoms with Crippen LogP contribution in [0.5, 0.6) is 0 Å². The van der Waals surface area contributed by atoms with Gasteiger partial charge < -0.3 is 5.32 Å². The van der Waals surface area contributed by atoms with Crippen molar-refractivity contribution in [3.63, 3.8) is 0 Å².